The molecule has 7 heteroatoms. The van der Waals surface area contributed by atoms with Crippen molar-refractivity contribution >= 4 is 33.2 Å². The minimum absolute atomic E-state index is 0.261. The Morgan fingerprint density at radius 3 is 2.31 bits per heavy atom. The van der Waals surface area contributed by atoms with Crippen LogP contribution in [0.5, 0.6) is 0 Å². The molecule has 0 spiro atoms. The third-order valence-corrected chi connectivity index (χ3v) is 4.95. The van der Waals surface area contributed by atoms with Crippen LogP contribution in [0.15, 0.2) is 42.5 Å². The van der Waals surface area contributed by atoms with Gasteiger partial charge < -0.3 is 5.32 Å². The van der Waals surface area contributed by atoms with Crippen molar-refractivity contribution in [1.29, 1.82) is 0 Å². The number of hydrogen-bond acceptors (Lipinski definition) is 3. The lowest BCUT2D eigenvalue weighted by molar-refractivity contribution is 0.0945. The summed E-state index contributed by atoms with van der Waals surface area (Å²) in [5, 5.41) is 3.58. The maximum Gasteiger partial charge on any atom is 0.251 e. The van der Waals surface area contributed by atoms with E-state index in [1.807, 2.05) is 38.1 Å². The lowest BCUT2D eigenvalue weighted by Crippen LogP contribution is -2.36. The van der Waals surface area contributed by atoms with Gasteiger partial charge in [-0.3, -0.25) is 9.52 Å². The van der Waals surface area contributed by atoms with Crippen molar-refractivity contribution in [2.45, 2.75) is 26.2 Å². The Bertz CT molecular complexity index is 907. The Labute approximate surface area is 159 Å². The summed E-state index contributed by atoms with van der Waals surface area (Å²) in [5.41, 5.74) is 2.32. The summed E-state index contributed by atoms with van der Waals surface area (Å²) in [5.74, 6) is -0.261. The molecule has 0 heterocycles. The number of sulfonamides is 1. The number of nitrogens with one attached hydrogen (secondary N) is 2. The van der Waals surface area contributed by atoms with Crippen LogP contribution in [0, 0.1) is 6.92 Å². The van der Waals surface area contributed by atoms with Gasteiger partial charge in [-0.25, -0.2) is 8.42 Å². The summed E-state index contributed by atoms with van der Waals surface area (Å²) < 4.78 is 25.3. The Balaban J connectivity index is 2.12. The first-order valence-corrected chi connectivity index (χ1v) is 10.4. The van der Waals surface area contributed by atoms with Gasteiger partial charge >= 0.3 is 0 Å². The van der Waals surface area contributed by atoms with E-state index in [-0.39, 0.29) is 11.3 Å². The van der Waals surface area contributed by atoms with Crippen molar-refractivity contribution in [3.8, 4) is 0 Å². The molecule has 0 aliphatic heterocycles. The zero-order valence-electron chi connectivity index (χ0n) is 15.3. The second kappa shape index (κ2) is 7.68. The van der Waals surface area contributed by atoms with E-state index in [1.54, 1.807) is 25.1 Å². The SMILES string of the molecule is Cc1ccc(C(=O)NCC(C)(C)c2ccc(Cl)cc2)cc1NS(C)(=O)=O. The summed E-state index contributed by atoms with van der Waals surface area (Å²) in [4.78, 5) is 12.5. The standard InChI is InChI=1S/C19H23ClN2O3S/c1-13-5-6-14(11-17(13)22-26(4,24)25)18(23)21-12-19(2,3)15-7-9-16(20)10-8-15/h5-11,22H,12H2,1-4H3,(H,21,23). The maximum atomic E-state index is 12.5. The van der Waals surface area contributed by atoms with Crippen molar-refractivity contribution in [2.75, 3.05) is 17.5 Å². The van der Waals surface area contributed by atoms with Crippen molar-refractivity contribution < 1.29 is 13.2 Å². The van der Waals surface area contributed by atoms with Gasteiger partial charge in [-0.1, -0.05) is 43.6 Å². The minimum atomic E-state index is -3.41. The molecule has 0 aliphatic carbocycles. The van der Waals surface area contributed by atoms with Crippen LogP contribution in [-0.4, -0.2) is 27.1 Å². The summed E-state index contributed by atoms with van der Waals surface area (Å²) >= 11 is 5.92. The van der Waals surface area contributed by atoms with Crippen LogP contribution in [0.3, 0.4) is 0 Å². The van der Waals surface area contributed by atoms with Gasteiger partial charge in [0, 0.05) is 22.5 Å². The molecule has 140 valence electrons. The number of carbonyl (C=O) groups is 1. The molecule has 2 aromatic rings. The minimum Gasteiger partial charge on any atom is -0.351 e. The fourth-order valence-corrected chi connectivity index (χ4v) is 3.22. The van der Waals surface area contributed by atoms with Crippen molar-refractivity contribution in [1.82, 2.24) is 5.32 Å². The summed E-state index contributed by atoms with van der Waals surface area (Å²) in [6, 6.07) is 12.5. The molecule has 2 aromatic carbocycles. The number of hydrogen-bond donors (Lipinski definition) is 2. The Morgan fingerprint density at radius 2 is 1.73 bits per heavy atom. The second-order valence-corrected chi connectivity index (χ2v) is 9.16. The highest BCUT2D eigenvalue weighted by molar-refractivity contribution is 7.92. The third kappa shape index (κ3) is 5.47. The fourth-order valence-electron chi connectivity index (χ4n) is 2.48. The Hall–Kier alpha value is -2.05. The summed E-state index contributed by atoms with van der Waals surface area (Å²) in [7, 11) is -3.41. The fraction of sp³-hybridized carbons (Fsp3) is 0.316. The van der Waals surface area contributed by atoms with Gasteiger partial charge in [-0.2, -0.15) is 0 Å². The topological polar surface area (TPSA) is 75.3 Å². The van der Waals surface area contributed by atoms with E-state index in [0.29, 0.717) is 22.8 Å². The lowest BCUT2D eigenvalue weighted by atomic mass is 9.84. The van der Waals surface area contributed by atoms with Crippen LogP contribution in [0.4, 0.5) is 5.69 Å². The van der Waals surface area contributed by atoms with Gasteiger partial charge in [0.2, 0.25) is 10.0 Å². The molecule has 0 aliphatic rings. The molecule has 0 bridgehead atoms. The predicted molar refractivity (Wildman–Crippen MR) is 106 cm³/mol. The number of anilines is 1. The average Bonchev–Trinajstić information content (AvgIpc) is 2.54. The summed E-state index contributed by atoms with van der Waals surface area (Å²) in [6.45, 7) is 6.26. The molecular formula is C19H23ClN2O3S. The smallest absolute Gasteiger partial charge is 0.251 e. The Morgan fingerprint density at radius 1 is 1.12 bits per heavy atom. The molecule has 1 amide bonds. The van der Waals surface area contributed by atoms with E-state index in [2.05, 4.69) is 10.0 Å². The number of halogens is 1. The number of benzene rings is 2. The van der Waals surface area contributed by atoms with E-state index in [0.717, 1.165) is 17.4 Å². The zero-order valence-corrected chi connectivity index (χ0v) is 16.8. The van der Waals surface area contributed by atoms with Gasteiger partial charge in [0.15, 0.2) is 0 Å². The van der Waals surface area contributed by atoms with Gasteiger partial charge in [0.1, 0.15) is 0 Å². The molecule has 2 rings (SSSR count). The number of aryl methyl sites for hydroxylation is 1. The monoisotopic (exact) mass is 394 g/mol. The van der Waals surface area contributed by atoms with E-state index in [1.165, 1.54) is 0 Å². The van der Waals surface area contributed by atoms with Crippen molar-refractivity contribution in [3.05, 3.63) is 64.2 Å². The predicted octanol–water partition coefficient (Wildman–Crippen LogP) is 3.73. The molecule has 0 unspecified atom stereocenters. The van der Waals surface area contributed by atoms with Gasteiger partial charge in [-0.05, 0) is 42.3 Å². The van der Waals surface area contributed by atoms with Crippen LogP contribution in [0.2, 0.25) is 5.02 Å². The lowest BCUT2D eigenvalue weighted by Gasteiger charge is -2.26. The molecular weight excluding hydrogens is 372 g/mol. The first-order valence-electron chi connectivity index (χ1n) is 8.11. The van der Waals surface area contributed by atoms with E-state index >= 15 is 0 Å². The van der Waals surface area contributed by atoms with Crippen LogP contribution >= 0.6 is 11.6 Å². The van der Waals surface area contributed by atoms with E-state index in [9.17, 15) is 13.2 Å². The molecule has 0 fully saturated rings. The molecule has 0 saturated carbocycles. The normalized spacial score (nSPS) is 11.9. The average molecular weight is 395 g/mol. The van der Waals surface area contributed by atoms with Gasteiger partial charge in [0.25, 0.3) is 5.91 Å². The van der Waals surface area contributed by atoms with Crippen LogP contribution in [-0.2, 0) is 15.4 Å². The molecule has 26 heavy (non-hydrogen) atoms. The van der Waals surface area contributed by atoms with Crippen molar-refractivity contribution in [2.24, 2.45) is 0 Å². The second-order valence-electron chi connectivity index (χ2n) is 6.98. The highest BCUT2D eigenvalue weighted by Gasteiger charge is 2.22. The molecule has 5 nitrogen and oxygen atoms in total. The largest absolute Gasteiger partial charge is 0.351 e. The van der Waals surface area contributed by atoms with Crippen LogP contribution in [0.1, 0.15) is 35.3 Å². The first kappa shape index (κ1) is 20.3. The van der Waals surface area contributed by atoms with E-state index < -0.39 is 10.0 Å². The Kier molecular flexibility index (Phi) is 5.98. The number of carbonyl (C=O) groups excluding carboxylic acids is 1. The molecule has 2 N–H and O–H groups in total. The maximum absolute atomic E-state index is 12.5. The molecule has 0 radical (unpaired) electrons. The third-order valence-electron chi connectivity index (χ3n) is 4.11. The molecule has 0 saturated heterocycles. The van der Waals surface area contributed by atoms with Crippen LogP contribution < -0.4 is 10.0 Å². The number of amides is 1. The number of rotatable bonds is 6. The van der Waals surface area contributed by atoms with Gasteiger partial charge in [-0.15, -0.1) is 0 Å². The van der Waals surface area contributed by atoms with E-state index in [4.69, 9.17) is 11.6 Å². The van der Waals surface area contributed by atoms with Crippen LogP contribution in [0.25, 0.3) is 0 Å². The highest BCUT2D eigenvalue weighted by Crippen LogP contribution is 2.24. The summed E-state index contributed by atoms with van der Waals surface area (Å²) in [6.07, 6.45) is 1.08. The molecule has 0 aromatic heterocycles. The zero-order chi connectivity index (χ0) is 19.5. The first-order chi connectivity index (χ1) is 12.0. The highest BCUT2D eigenvalue weighted by atomic mass is 35.5. The van der Waals surface area contributed by atoms with Crippen molar-refractivity contribution in [3.63, 3.8) is 0 Å². The molecule has 0 atom stereocenters. The van der Waals surface area contributed by atoms with Gasteiger partial charge in [0.05, 0.1) is 11.9 Å². The quantitative estimate of drug-likeness (QED) is 0.783.